The zero-order valence-electron chi connectivity index (χ0n) is 10.2. The van der Waals surface area contributed by atoms with Gasteiger partial charge in [-0.25, -0.2) is 0 Å². The van der Waals surface area contributed by atoms with E-state index < -0.39 is 0 Å². The second-order valence-corrected chi connectivity index (χ2v) is 4.80. The number of rotatable bonds is 3. The van der Waals surface area contributed by atoms with Gasteiger partial charge in [0, 0.05) is 5.02 Å². The molecule has 2 rings (SSSR count). The molecule has 0 saturated carbocycles. The van der Waals surface area contributed by atoms with E-state index >= 15 is 0 Å². The van der Waals surface area contributed by atoms with Crippen molar-refractivity contribution in [3.05, 3.63) is 70.2 Å². The fraction of sp³-hybridized carbons (Fsp3) is 0.188. The summed E-state index contributed by atoms with van der Waals surface area (Å²) in [6.07, 6.45) is 0.726. The topological polar surface area (TPSA) is 23.8 Å². The number of hydrogen-bond donors (Lipinski definition) is 0. The van der Waals surface area contributed by atoms with Crippen LogP contribution in [-0.4, -0.2) is 0 Å². The molecule has 0 heterocycles. The van der Waals surface area contributed by atoms with E-state index in [9.17, 15) is 5.26 Å². The molecule has 0 aliphatic heterocycles. The summed E-state index contributed by atoms with van der Waals surface area (Å²) in [6.45, 7) is 2.07. The minimum atomic E-state index is -0.148. The first kappa shape index (κ1) is 12.7. The molecular formula is C16H14ClN. The van der Waals surface area contributed by atoms with Crippen molar-refractivity contribution in [2.75, 3.05) is 0 Å². The Morgan fingerprint density at radius 2 is 1.94 bits per heavy atom. The Morgan fingerprint density at radius 1 is 1.17 bits per heavy atom. The first-order chi connectivity index (χ1) is 8.70. The van der Waals surface area contributed by atoms with Crippen LogP contribution in [0.5, 0.6) is 0 Å². The molecule has 1 unspecified atom stereocenters. The third kappa shape index (κ3) is 2.91. The maximum absolute atomic E-state index is 9.33. The van der Waals surface area contributed by atoms with Crippen LogP contribution in [0.25, 0.3) is 0 Å². The first-order valence-corrected chi connectivity index (χ1v) is 6.28. The highest BCUT2D eigenvalue weighted by molar-refractivity contribution is 6.30. The molecule has 2 aromatic carbocycles. The van der Waals surface area contributed by atoms with Gasteiger partial charge in [-0.2, -0.15) is 5.26 Å². The Kier molecular flexibility index (Phi) is 4.02. The third-order valence-corrected chi connectivity index (χ3v) is 3.33. The second-order valence-electron chi connectivity index (χ2n) is 4.37. The Bertz CT molecular complexity index is 584. The van der Waals surface area contributed by atoms with E-state index in [0.717, 1.165) is 12.0 Å². The molecule has 2 aromatic rings. The highest BCUT2D eigenvalue weighted by atomic mass is 35.5. The van der Waals surface area contributed by atoms with Gasteiger partial charge < -0.3 is 0 Å². The van der Waals surface area contributed by atoms with Crippen LogP contribution in [0, 0.1) is 18.3 Å². The molecule has 90 valence electrons. The molecule has 0 spiro atoms. The quantitative estimate of drug-likeness (QED) is 0.792. The number of hydrogen-bond acceptors (Lipinski definition) is 1. The standard InChI is InChI=1S/C16H14ClN/c1-12-5-2-3-6-13(12)9-15(11-18)14-7-4-8-16(17)10-14/h2-8,10,15H,9H2,1H3. The summed E-state index contributed by atoms with van der Waals surface area (Å²) >= 11 is 5.97. The van der Waals surface area contributed by atoms with Gasteiger partial charge in [-0.15, -0.1) is 0 Å². The second kappa shape index (κ2) is 5.71. The summed E-state index contributed by atoms with van der Waals surface area (Å²) in [6, 6.07) is 18.1. The predicted octanol–water partition coefficient (Wildman–Crippen LogP) is 4.50. The van der Waals surface area contributed by atoms with E-state index in [0.29, 0.717) is 5.02 Å². The highest BCUT2D eigenvalue weighted by Gasteiger charge is 2.12. The molecule has 0 aliphatic carbocycles. The summed E-state index contributed by atoms with van der Waals surface area (Å²) in [7, 11) is 0. The minimum Gasteiger partial charge on any atom is -0.198 e. The fourth-order valence-corrected chi connectivity index (χ4v) is 2.22. The molecule has 0 aliphatic rings. The van der Waals surface area contributed by atoms with Gasteiger partial charge in [-0.1, -0.05) is 48.0 Å². The summed E-state index contributed by atoms with van der Waals surface area (Å²) in [5.41, 5.74) is 3.41. The zero-order valence-corrected chi connectivity index (χ0v) is 11.0. The number of nitrogens with zero attached hydrogens (tertiary/aromatic N) is 1. The van der Waals surface area contributed by atoms with Gasteiger partial charge in [0.2, 0.25) is 0 Å². The van der Waals surface area contributed by atoms with Gasteiger partial charge in [0.1, 0.15) is 0 Å². The molecule has 0 bridgehead atoms. The minimum absolute atomic E-state index is 0.148. The van der Waals surface area contributed by atoms with Crippen molar-refractivity contribution >= 4 is 11.6 Å². The van der Waals surface area contributed by atoms with E-state index in [-0.39, 0.29) is 5.92 Å². The third-order valence-electron chi connectivity index (χ3n) is 3.09. The van der Waals surface area contributed by atoms with Crippen molar-refractivity contribution in [3.63, 3.8) is 0 Å². The van der Waals surface area contributed by atoms with Crippen LogP contribution in [0.1, 0.15) is 22.6 Å². The van der Waals surface area contributed by atoms with Crippen LogP contribution >= 0.6 is 11.6 Å². The number of nitriles is 1. The number of halogens is 1. The van der Waals surface area contributed by atoms with Gasteiger partial charge in [-0.05, 0) is 42.2 Å². The maximum Gasteiger partial charge on any atom is 0.0753 e. The highest BCUT2D eigenvalue weighted by Crippen LogP contribution is 2.24. The molecule has 0 radical (unpaired) electrons. The number of aryl methyl sites for hydroxylation is 1. The Balaban J connectivity index is 2.26. The molecule has 1 atom stereocenters. The van der Waals surface area contributed by atoms with E-state index in [1.165, 1.54) is 11.1 Å². The predicted molar refractivity (Wildman–Crippen MR) is 74.7 cm³/mol. The van der Waals surface area contributed by atoms with Gasteiger partial charge >= 0.3 is 0 Å². The SMILES string of the molecule is Cc1ccccc1CC(C#N)c1cccc(Cl)c1. The van der Waals surface area contributed by atoms with Crippen molar-refractivity contribution in [2.24, 2.45) is 0 Å². The van der Waals surface area contributed by atoms with Gasteiger partial charge in [0.25, 0.3) is 0 Å². The molecule has 0 N–H and O–H groups in total. The molecule has 2 heteroatoms. The van der Waals surface area contributed by atoms with Crippen LogP contribution in [0.15, 0.2) is 48.5 Å². The molecule has 18 heavy (non-hydrogen) atoms. The zero-order chi connectivity index (χ0) is 13.0. The molecular weight excluding hydrogens is 242 g/mol. The van der Waals surface area contributed by atoms with Crippen LogP contribution in [0.4, 0.5) is 0 Å². The largest absolute Gasteiger partial charge is 0.198 e. The van der Waals surface area contributed by atoms with Crippen molar-refractivity contribution in [1.29, 1.82) is 5.26 Å². The van der Waals surface area contributed by atoms with Crippen molar-refractivity contribution in [1.82, 2.24) is 0 Å². The van der Waals surface area contributed by atoms with Crippen molar-refractivity contribution in [2.45, 2.75) is 19.3 Å². The lowest BCUT2D eigenvalue weighted by Gasteiger charge is -2.11. The van der Waals surface area contributed by atoms with Crippen molar-refractivity contribution in [3.8, 4) is 6.07 Å². The van der Waals surface area contributed by atoms with Crippen LogP contribution in [0.2, 0.25) is 5.02 Å². The first-order valence-electron chi connectivity index (χ1n) is 5.90. The Morgan fingerprint density at radius 3 is 2.61 bits per heavy atom. The summed E-state index contributed by atoms with van der Waals surface area (Å²) in [5, 5.41) is 10.0. The molecule has 0 saturated heterocycles. The molecule has 0 aromatic heterocycles. The summed E-state index contributed by atoms with van der Waals surface area (Å²) in [4.78, 5) is 0. The van der Waals surface area contributed by atoms with E-state index in [4.69, 9.17) is 11.6 Å². The monoisotopic (exact) mass is 255 g/mol. The molecule has 0 fully saturated rings. The average molecular weight is 256 g/mol. The lowest BCUT2D eigenvalue weighted by atomic mass is 9.91. The van der Waals surface area contributed by atoms with Gasteiger partial charge in [0.15, 0.2) is 0 Å². The van der Waals surface area contributed by atoms with E-state index in [2.05, 4.69) is 25.1 Å². The molecule has 0 amide bonds. The van der Waals surface area contributed by atoms with E-state index in [1.54, 1.807) is 0 Å². The fourth-order valence-electron chi connectivity index (χ4n) is 2.02. The number of benzene rings is 2. The van der Waals surface area contributed by atoms with Crippen LogP contribution < -0.4 is 0 Å². The maximum atomic E-state index is 9.33. The lowest BCUT2D eigenvalue weighted by molar-refractivity contribution is 0.843. The van der Waals surface area contributed by atoms with Crippen LogP contribution in [0.3, 0.4) is 0 Å². The summed E-state index contributed by atoms with van der Waals surface area (Å²) in [5.74, 6) is -0.148. The van der Waals surface area contributed by atoms with Crippen LogP contribution in [-0.2, 0) is 6.42 Å². The van der Waals surface area contributed by atoms with Crippen molar-refractivity contribution < 1.29 is 0 Å². The Hall–Kier alpha value is -1.78. The van der Waals surface area contributed by atoms with Gasteiger partial charge in [0.05, 0.1) is 12.0 Å². The summed E-state index contributed by atoms with van der Waals surface area (Å²) < 4.78 is 0. The molecule has 1 nitrogen and oxygen atoms in total. The lowest BCUT2D eigenvalue weighted by Crippen LogP contribution is -2.01. The smallest absolute Gasteiger partial charge is 0.0753 e. The average Bonchev–Trinajstić information content (AvgIpc) is 2.38. The van der Waals surface area contributed by atoms with E-state index in [1.807, 2.05) is 36.4 Å². The van der Waals surface area contributed by atoms with Gasteiger partial charge in [-0.3, -0.25) is 0 Å². The Labute approximate surface area is 113 Å². The normalized spacial score (nSPS) is 11.8.